The lowest BCUT2D eigenvalue weighted by Gasteiger charge is -2.24. The number of esters is 1. The number of aromatic amines is 1. The summed E-state index contributed by atoms with van der Waals surface area (Å²) in [5.41, 5.74) is 7.51. The average molecular weight is 492 g/mol. The second kappa shape index (κ2) is 7.61. The number of carbonyl (C=O) groups excluding carboxylic acids is 3. The zero-order valence-electron chi connectivity index (χ0n) is 16.7. The minimum atomic E-state index is -0.532. The summed E-state index contributed by atoms with van der Waals surface area (Å²) >= 11 is 3.52. The lowest BCUT2D eigenvalue weighted by molar-refractivity contribution is -0.144. The fraction of sp³-hybridized carbons (Fsp3) is 0.476. The molecular formula is C21H22BrN3O6. The van der Waals surface area contributed by atoms with Crippen LogP contribution >= 0.6 is 15.9 Å². The van der Waals surface area contributed by atoms with Crippen molar-refractivity contribution in [2.24, 2.45) is 17.6 Å². The maximum atomic E-state index is 12.9. The zero-order chi connectivity index (χ0) is 21.9. The van der Waals surface area contributed by atoms with Crippen molar-refractivity contribution >= 4 is 44.6 Å². The highest BCUT2D eigenvalue weighted by Crippen LogP contribution is 2.53. The molecule has 5 rings (SSSR count). The molecule has 0 saturated carbocycles. The van der Waals surface area contributed by atoms with Gasteiger partial charge in [0.05, 0.1) is 24.0 Å². The Kier molecular flexibility index (Phi) is 5.03. The molecule has 2 amide bonds. The van der Waals surface area contributed by atoms with Crippen molar-refractivity contribution in [3.05, 3.63) is 29.5 Å². The van der Waals surface area contributed by atoms with E-state index in [2.05, 4.69) is 26.2 Å². The number of hydrogen-bond acceptors (Lipinski definition) is 7. The van der Waals surface area contributed by atoms with Gasteiger partial charge in [0.15, 0.2) is 0 Å². The van der Waals surface area contributed by atoms with Crippen LogP contribution in [0.25, 0.3) is 10.9 Å². The number of halogens is 1. The number of aromatic nitrogens is 1. The smallest absolute Gasteiger partial charge is 0.312 e. The number of benzene rings is 1. The Morgan fingerprint density at radius 1 is 1.29 bits per heavy atom. The summed E-state index contributed by atoms with van der Waals surface area (Å²) in [6, 6.07) is 5.46. The van der Waals surface area contributed by atoms with Crippen LogP contribution in [0.2, 0.25) is 0 Å². The molecule has 1 aromatic carbocycles. The molecule has 4 heterocycles. The molecule has 2 bridgehead atoms. The van der Waals surface area contributed by atoms with Gasteiger partial charge < -0.3 is 24.9 Å². The van der Waals surface area contributed by atoms with Crippen LogP contribution in [0.5, 0.6) is 5.75 Å². The number of ether oxygens (including phenoxy) is 3. The van der Waals surface area contributed by atoms with E-state index < -0.39 is 17.7 Å². The van der Waals surface area contributed by atoms with E-state index in [0.29, 0.717) is 24.4 Å². The lowest BCUT2D eigenvalue weighted by Crippen LogP contribution is -2.42. The zero-order valence-corrected chi connectivity index (χ0v) is 18.3. The van der Waals surface area contributed by atoms with E-state index >= 15 is 0 Å². The molecule has 0 radical (unpaired) electrons. The lowest BCUT2D eigenvalue weighted by atomic mass is 9.78. The molecule has 2 aromatic rings. The first-order valence-corrected chi connectivity index (χ1v) is 11.1. The number of methoxy groups -OCH3 is 1. The van der Waals surface area contributed by atoms with Gasteiger partial charge in [0.25, 0.3) is 5.91 Å². The molecule has 4 N–H and O–H groups in total. The van der Waals surface area contributed by atoms with Crippen LogP contribution in [0, 0.1) is 11.8 Å². The van der Waals surface area contributed by atoms with Crippen molar-refractivity contribution in [3.63, 3.8) is 0 Å². The van der Waals surface area contributed by atoms with Crippen molar-refractivity contribution < 1.29 is 28.6 Å². The quantitative estimate of drug-likeness (QED) is 0.405. The molecule has 3 aliphatic rings. The van der Waals surface area contributed by atoms with Crippen molar-refractivity contribution in [2.75, 3.05) is 13.7 Å². The summed E-state index contributed by atoms with van der Waals surface area (Å²) in [5.74, 6) is -1.47. The minimum absolute atomic E-state index is 0.00175. The number of nitrogens with two attached hydrogens (primary N) is 1. The van der Waals surface area contributed by atoms with E-state index in [9.17, 15) is 14.4 Å². The summed E-state index contributed by atoms with van der Waals surface area (Å²) < 4.78 is 16.5. The molecule has 9 nitrogen and oxygen atoms in total. The fourth-order valence-electron chi connectivity index (χ4n) is 5.09. The Bertz CT molecular complexity index is 1080. The normalized spacial score (nSPS) is 30.6. The van der Waals surface area contributed by atoms with Crippen molar-refractivity contribution in [1.29, 1.82) is 0 Å². The van der Waals surface area contributed by atoms with E-state index in [1.54, 1.807) is 13.2 Å². The maximum Gasteiger partial charge on any atom is 0.312 e. The predicted molar refractivity (Wildman–Crippen MR) is 113 cm³/mol. The van der Waals surface area contributed by atoms with E-state index in [4.69, 9.17) is 19.9 Å². The number of imide groups is 1. The van der Waals surface area contributed by atoms with Gasteiger partial charge in [-0.1, -0.05) is 15.9 Å². The highest BCUT2D eigenvalue weighted by Gasteiger charge is 2.67. The number of carbonyl (C=O) groups is 3. The highest BCUT2D eigenvalue weighted by molar-refractivity contribution is 9.09. The molecule has 3 fully saturated rings. The number of alkyl halides is 1. The number of fused-ring (bicyclic) bond motifs is 2. The third-order valence-corrected chi connectivity index (χ3v) is 7.48. The number of nitrogens with one attached hydrogen (secondary N) is 2. The van der Waals surface area contributed by atoms with Gasteiger partial charge >= 0.3 is 5.97 Å². The van der Waals surface area contributed by atoms with Crippen LogP contribution in [0.4, 0.5) is 0 Å². The Morgan fingerprint density at radius 3 is 2.84 bits per heavy atom. The van der Waals surface area contributed by atoms with Crippen LogP contribution in [-0.4, -0.2) is 59.6 Å². The number of amides is 2. The van der Waals surface area contributed by atoms with E-state index in [-0.39, 0.29) is 41.4 Å². The molecule has 3 saturated heterocycles. The first kappa shape index (κ1) is 20.5. The molecule has 1 aromatic heterocycles. The number of rotatable bonds is 6. The third kappa shape index (κ3) is 3.16. The molecule has 0 spiro atoms. The summed E-state index contributed by atoms with van der Waals surface area (Å²) in [7, 11) is 1.57. The van der Waals surface area contributed by atoms with Crippen LogP contribution < -0.4 is 15.8 Å². The van der Waals surface area contributed by atoms with Gasteiger partial charge in [-0.2, -0.15) is 0 Å². The van der Waals surface area contributed by atoms with Crippen molar-refractivity contribution in [3.8, 4) is 5.75 Å². The van der Waals surface area contributed by atoms with Gasteiger partial charge in [0.1, 0.15) is 23.7 Å². The van der Waals surface area contributed by atoms with Gasteiger partial charge in [0, 0.05) is 29.3 Å². The van der Waals surface area contributed by atoms with Gasteiger partial charge in [-0.25, -0.2) is 0 Å². The molecule has 164 valence electrons. The monoisotopic (exact) mass is 491 g/mol. The Hall–Kier alpha value is -2.43. The van der Waals surface area contributed by atoms with Crippen LogP contribution in [0.15, 0.2) is 18.2 Å². The van der Waals surface area contributed by atoms with Crippen molar-refractivity contribution in [2.45, 2.75) is 36.0 Å². The Morgan fingerprint density at radius 2 is 2.10 bits per heavy atom. The largest absolute Gasteiger partial charge is 0.497 e. The van der Waals surface area contributed by atoms with Gasteiger partial charge in [-0.05, 0) is 30.7 Å². The predicted octanol–water partition coefficient (Wildman–Crippen LogP) is 1.03. The SMILES string of the molecule is COc1ccc2c(CCN)c(C(=O)NC(=O)CC3C4OC5C(OC(=O)C35)C4Br)[nH]c2c1. The van der Waals surface area contributed by atoms with E-state index in [1.807, 2.05) is 12.1 Å². The molecular weight excluding hydrogens is 470 g/mol. The summed E-state index contributed by atoms with van der Waals surface area (Å²) in [6.07, 6.45) is -0.437. The summed E-state index contributed by atoms with van der Waals surface area (Å²) in [6.45, 7) is 0.354. The minimum Gasteiger partial charge on any atom is -0.497 e. The molecule has 31 heavy (non-hydrogen) atoms. The summed E-state index contributed by atoms with van der Waals surface area (Å²) in [5, 5.41) is 3.31. The maximum absolute atomic E-state index is 12.9. The van der Waals surface area contributed by atoms with Gasteiger partial charge in [0.2, 0.25) is 5.91 Å². The molecule has 10 heteroatoms. The first-order valence-electron chi connectivity index (χ1n) is 10.2. The standard InChI is InChI=1S/C21H22BrN3O6/c1-29-8-2-3-9-10(4-5-23)16(24-12(9)6-8)20(27)25-13(26)7-11-14-18-19(31-21(14)28)15(22)17(11)30-18/h2-3,6,11,14-15,17-19,24H,4-5,7,23H2,1H3,(H,25,26,27). The van der Waals surface area contributed by atoms with E-state index in [1.165, 1.54) is 0 Å². The van der Waals surface area contributed by atoms with Crippen molar-refractivity contribution in [1.82, 2.24) is 10.3 Å². The highest BCUT2D eigenvalue weighted by atomic mass is 79.9. The molecule has 3 aliphatic heterocycles. The molecule has 0 aliphatic carbocycles. The second-order valence-corrected chi connectivity index (χ2v) is 9.17. The summed E-state index contributed by atoms with van der Waals surface area (Å²) in [4.78, 5) is 40.8. The van der Waals surface area contributed by atoms with Gasteiger partial charge in [-0.15, -0.1) is 0 Å². The Balaban J connectivity index is 1.34. The van der Waals surface area contributed by atoms with Crippen LogP contribution in [-0.2, 0) is 25.5 Å². The topological polar surface area (TPSA) is 133 Å². The third-order valence-electron chi connectivity index (χ3n) is 6.44. The number of hydrogen-bond donors (Lipinski definition) is 3. The second-order valence-electron chi connectivity index (χ2n) is 8.11. The first-order chi connectivity index (χ1) is 14.9. The van der Waals surface area contributed by atoms with Crippen LogP contribution in [0.3, 0.4) is 0 Å². The molecule has 6 unspecified atom stereocenters. The van der Waals surface area contributed by atoms with Crippen LogP contribution in [0.1, 0.15) is 22.5 Å². The number of H-pyrrole nitrogens is 1. The Labute approximate surface area is 186 Å². The van der Waals surface area contributed by atoms with E-state index in [0.717, 1.165) is 16.5 Å². The molecule has 6 atom stereocenters. The average Bonchev–Trinajstić information content (AvgIpc) is 3.44. The van der Waals surface area contributed by atoms with Gasteiger partial charge in [-0.3, -0.25) is 19.7 Å². The fourth-order valence-corrected chi connectivity index (χ4v) is 6.01.